The Bertz CT molecular complexity index is 856. The molecule has 0 aliphatic carbocycles. The maximum absolute atomic E-state index is 13.7. The second-order valence-electron chi connectivity index (χ2n) is 6.60. The van der Waals surface area contributed by atoms with Gasteiger partial charge in [0.05, 0.1) is 7.11 Å². The number of anilines is 1. The van der Waals surface area contributed by atoms with Crippen LogP contribution in [0.5, 0.6) is 5.75 Å². The standard InChI is InChI=1S/C20H22FN3O3/c1-27-15-6-7-17-13(9-15)10-18(20(26)24-17)23-19(25)11-14(22)8-12-4-2-3-5-16(12)21/h2-7,9,14,18H,8,10-11,22H2,1H3,(H,23,25)(H,24,26)/t14-,18?/m1/s1. The number of ether oxygens (including phenoxy) is 1. The Labute approximate surface area is 156 Å². The van der Waals surface area contributed by atoms with E-state index in [1.165, 1.54) is 6.07 Å². The second-order valence-corrected chi connectivity index (χ2v) is 6.60. The monoisotopic (exact) mass is 371 g/mol. The van der Waals surface area contributed by atoms with Crippen LogP contribution in [0, 0.1) is 5.82 Å². The van der Waals surface area contributed by atoms with E-state index < -0.39 is 12.1 Å². The summed E-state index contributed by atoms with van der Waals surface area (Å²) >= 11 is 0. The van der Waals surface area contributed by atoms with Gasteiger partial charge in [-0.1, -0.05) is 18.2 Å². The highest BCUT2D eigenvalue weighted by Crippen LogP contribution is 2.26. The zero-order valence-corrected chi connectivity index (χ0v) is 15.0. The summed E-state index contributed by atoms with van der Waals surface area (Å²) in [4.78, 5) is 24.5. The molecule has 142 valence electrons. The molecule has 0 radical (unpaired) electrons. The Morgan fingerprint density at radius 3 is 2.89 bits per heavy atom. The van der Waals surface area contributed by atoms with Crippen LogP contribution in [0.1, 0.15) is 17.5 Å². The third-order valence-corrected chi connectivity index (χ3v) is 4.53. The predicted molar refractivity (Wildman–Crippen MR) is 100.0 cm³/mol. The lowest BCUT2D eigenvalue weighted by molar-refractivity contribution is -0.126. The molecule has 0 saturated heterocycles. The van der Waals surface area contributed by atoms with Gasteiger partial charge in [-0.25, -0.2) is 4.39 Å². The smallest absolute Gasteiger partial charge is 0.247 e. The van der Waals surface area contributed by atoms with Gasteiger partial charge >= 0.3 is 0 Å². The van der Waals surface area contributed by atoms with Crippen molar-refractivity contribution < 1.29 is 18.7 Å². The van der Waals surface area contributed by atoms with Crippen LogP contribution in [0.4, 0.5) is 10.1 Å². The lowest BCUT2D eigenvalue weighted by Gasteiger charge is -2.26. The van der Waals surface area contributed by atoms with E-state index in [1.807, 2.05) is 6.07 Å². The maximum atomic E-state index is 13.7. The second kappa shape index (κ2) is 8.18. The Balaban J connectivity index is 1.58. The van der Waals surface area contributed by atoms with Crippen molar-refractivity contribution in [2.24, 2.45) is 5.73 Å². The van der Waals surface area contributed by atoms with Gasteiger partial charge < -0.3 is 21.1 Å². The molecule has 0 fully saturated rings. The molecule has 1 unspecified atom stereocenters. The molecule has 1 aliphatic heterocycles. The van der Waals surface area contributed by atoms with E-state index in [-0.39, 0.29) is 30.5 Å². The lowest BCUT2D eigenvalue weighted by Crippen LogP contribution is -2.48. The molecule has 1 aliphatic rings. The third kappa shape index (κ3) is 4.62. The minimum Gasteiger partial charge on any atom is -0.497 e. The van der Waals surface area contributed by atoms with Crippen LogP contribution in [0.15, 0.2) is 42.5 Å². The molecule has 6 nitrogen and oxygen atoms in total. The molecule has 2 atom stereocenters. The third-order valence-electron chi connectivity index (χ3n) is 4.53. The van der Waals surface area contributed by atoms with E-state index in [4.69, 9.17) is 10.5 Å². The first kappa shape index (κ1) is 18.8. The zero-order valence-electron chi connectivity index (χ0n) is 15.0. The van der Waals surface area contributed by atoms with Gasteiger partial charge in [-0.15, -0.1) is 0 Å². The molecule has 7 heteroatoms. The first-order chi connectivity index (χ1) is 13.0. The lowest BCUT2D eigenvalue weighted by atomic mass is 9.98. The Morgan fingerprint density at radius 2 is 2.15 bits per heavy atom. The minimum atomic E-state index is -0.683. The summed E-state index contributed by atoms with van der Waals surface area (Å²) in [6.45, 7) is 0. The highest BCUT2D eigenvalue weighted by atomic mass is 19.1. The van der Waals surface area contributed by atoms with Gasteiger partial charge in [0.25, 0.3) is 0 Å². The van der Waals surface area contributed by atoms with Gasteiger partial charge in [-0.05, 0) is 41.8 Å². The van der Waals surface area contributed by atoms with E-state index in [0.717, 1.165) is 5.56 Å². The number of benzene rings is 2. The number of rotatable bonds is 6. The summed E-state index contributed by atoms with van der Waals surface area (Å²) in [7, 11) is 1.57. The molecule has 0 spiro atoms. The van der Waals surface area contributed by atoms with Gasteiger partial charge in [-0.2, -0.15) is 0 Å². The van der Waals surface area contributed by atoms with Crippen molar-refractivity contribution in [2.45, 2.75) is 31.3 Å². The average molecular weight is 371 g/mol. The number of methoxy groups -OCH3 is 1. The van der Waals surface area contributed by atoms with Gasteiger partial charge in [-0.3, -0.25) is 9.59 Å². The first-order valence-electron chi connectivity index (χ1n) is 8.72. The van der Waals surface area contributed by atoms with Crippen molar-refractivity contribution in [2.75, 3.05) is 12.4 Å². The zero-order chi connectivity index (χ0) is 19.4. The largest absolute Gasteiger partial charge is 0.497 e. The average Bonchev–Trinajstić information content (AvgIpc) is 2.63. The maximum Gasteiger partial charge on any atom is 0.247 e. The Morgan fingerprint density at radius 1 is 1.37 bits per heavy atom. The Hall–Kier alpha value is -2.93. The number of nitrogens with one attached hydrogen (secondary N) is 2. The van der Waals surface area contributed by atoms with Gasteiger partial charge in [0.1, 0.15) is 17.6 Å². The van der Waals surface area contributed by atoms with Crippen molar-refractivity contribution >= 4 is 17.5 Å². The molecule has 2 amide bonds. The predicted octanol–water partition coefficient (Wildman–Crippen LogP) is 1.77. The summed E-state index contributed by atoms with van der Waals surface area (Å²) in [5.74, 6) is -0.276. The fourth-order valence-corrected chi connectivity index (χ4v) is 3.15. The van der Waals surface area contributed by atoms with Crippen molar-refractivity contribution in [3.63, 3.8) is 0 Å². The number of fused-ring (bicyclic) bond motifs is 1. The van der Waals surface area contributed by atoms with Crippen molar-refractivity contribution in [1.29, 1.82) is 0 Å². The molecule has 0 aromatic heterocycles. The number of nitrogens with two attached hydrogens (primary N) is 1. The van der Waals surface area contributed by atoms with E-state index in [0.29, 0.717) is 23.4 Å². The van der Waals surface area contributed by atoms with Crippen molar-refractivity contribution in [3.05, 3.63) is 59.4 Å². The van der Waals surface area contributed by atoms with E-state index in [2.05, 4.69) is 10.6 Å². The first-order valence-corrected chi connectivity index (χ1v) is 8.72. The highest BCUT2D eigenvalue weighted by Gasteiger charge is 2.28. The van der Waals surface area contributed by atoms with E-state index in [9.17, 15) is 14.0 Å². The van der Waals surface area contributed by atoms with Crippen LogP contribution in [0.2, 0.25) is 0 Å². The normalized spacial score (nSPS) is 16.9. The summed E-state index contributed by atoms with van der Waals surface area (Å²) in [6, 6.07) is 10.5. The van der Waals surface area contributed by atoms with E-state index >= 15 is 0 Å². The SMILES string of the molecule is COc1ccc2c(c1)CC(NC(=O)C[C@H](N)Cc1ccccc1F)C(=O)N2. The van der Waals surface area contributed by atoms with Crippen molar-refractivity contribution in [3.8, 4) is 5.75 Å². The van der Waals surface area contributed by atoms with Gasteiger partial charge in [0.15, 0.2) is 0 Å². The van der Waals surface area contributed by atoms with Crippen LogP contribution < -0.4 is 21.1 Å². The van der Waals surface area contributed by atoms with Crippen LogP contribution in [-0.4, -0.2) is 31.0 Å². The molecule has 27 heavy (non-hydrogen) atoms. The molecule has 2 aromatic carbocycles. The van der Waals surface area contributed by atoms with Crippen LogP contribution in [0.3, 0.4) is 0 Å². The molecular weight excluding hydrogens is 349 g/mol. The number of hydrogen-bond donors (Lipinski definition) is 3. The van der Waals surface area contributed by atoms with Gasteiger partial charge in [0.2, 0.25) is 11.8 Å². The molecule has 0 saturated carbocycles. The van der Waals surface area contributed by atoms with Crippen LogP contribution in [0.25, 0.3) is 0 Å². The molecule has 4 N–H and O–H groups in total. The molecule has 0 bridgehead atoms. The van der Waals surface area contributed by atoms with Crippen molar-refractivity contribution in [1.82, 2.24) is 5.32 Å². The number of carbonyl (C=O) groups excluding carboxylic acids is 2. The highest BCUT2D eigenvalue weighted by molar-refractivity contribution is 6.00. The number of halogens is 1. The molecule has 2 aromatic rings. The summed E-state index contributed by atoms with van der Waals surface area (Å²) in [6.07, 6.45) is 0.618. The summed E-state index contributed by atoms with van der Waals surface area (Å²) in [5, 5.41) is 5.49. The fraction of sp³-hybridized carbons (Fsp3) is 0.300. The molecular formula is C20H22FN3O3. The topological polar surface area (TPSA) is 93.4 Å². The fourth-order valence-electron chi connectivity index (χ4n) is 3.15. The summed E-state index contributed by atoms with van der Waals surface area (Å²) < 4.78 is 18.9. The quantitative estimate of drug-likeness (QED) is 0.722. The Kier molecular flexibility index (Phi) is 5.71. The molecule has 3 rings (SSSR count). The van der Waals surface area contributed by atoms with Crippen LogP contribution >= 0.6 is 0 Å². The van der Waals surface area contributed by atoms with Crippen LogP contribution in [-0.2, 0) is 22.4 Å². The number of amides is 2. The van der Waals surface area contributed by atoms with Gasteiger partial charge in [0, 0.05) is 24.6 Å². The number of carbonyl (C=O) groups is 2. The molecule has 1 heterocycles. The summed E-state index contributed by atoms with van der Waals surface area (Å²) in [5.41, 5.74) is 8.05. The minimum absolute atomic E-state index is 0.00306. The van der Waals surface area contributed by atoms with E-state index in [1.54, 1.807) is 37.4 Å². The number of hydrogen-bond acceptors (Lipinski definition) is 4.